The molecule has 0 spiro atoms. The Hall–Kier alpha value is -0.610. The van der Waals surface area contributed by atoms with Gasteiger partial charge in [0.25, 0.3) is 0 Å². The molecule has 4 nitrogen and oxygen atoms in total. The minimum atomic E-state index is -0.204. The normalized spacial score (nSPS) is 17.9. The summed E-state index contributed by atoms with van der Waals surface area (Å²) in [6.07, 6.45) is 2.63. The van der Waals surface area contributed by atoms with Crippen LogP contribution in [0.3, 0.4) is 0 Å². The number of likely N-dealkylation sites (N-methyl/N-ethyl adjacent to an activating group) is 1. The highest BCUT2D eigenvalue weighted by atomic mass is 16.3. The Bertz CT molecular complexity index is 205. The van der Waals surface area contributed by atoms with Gasteiger partial charge in [-0.2, -0.15) is 0 Å². The predicted molar refractivity (Wildman–Crippen MR) is 59.5 cm³/mol. The minimum absolute atomic E-state index is 0.0882. The molecule has 0 saturated heterocycles. The molecular formula is C11H22N2O2. The van der Waals surface area contributed by atoms with Gasteiger partial charge in [0.1, 0.15) is 0 Å². The average Bonchev–Trinajstić information content (AvgIpc) is 2.98. The molecule has 1 saturated carbocycles. The van der Waals surface area contributed by atoms with Crippen LogP contribution < -0.4 is 5.32 Å². The standard InChI is InChI=1S/C11H22N2O2/c1-3-12-11(15)6-7-13(2)8-10(14)9-4-5-9/h9-10,14H,3-8H2,1-2H3,(H,12,15). The van der Waals surface area contributed by atoms with Gasteiger partial charge in [-0.05, 0) is 32.7 Å². The van der Waals surface area contributed by atoms with Crippen molar-refractivity contribution in [1.82, 2.24) is 10.2 Å². The van der Waals surface area contributed by atoms with Crippen molar-refractivity contribution in [2.24, 2.45) is 5.92 Å². The lowest BCUT2D eigenvalue weighted by molar-refractivity contribution is -0.121. The number of hydrogen-bond donors (Lipinski definition) is 2. The first-order valence-electron chi connectivity index (χ1n) is 5.76. The fourth-order valence-electron chi connectivity index (χ4n) is 1.62. The van der Waals surface area contributed by atoms with E-state index in [9.17, 15) is 9.90 Å². The van der Waals surface area contributed by atoms with Crippen molar-refractivity contribution in [3.8, 4) is 0 Å². The van der Waals surface area contributed by atoms with E-state index >= 15 is 0 Å². The van der Waals surface area contributed by atoms with Gasteiger partial charge in [0.05, 0.1) is 6.10 Å². The monoisotopic (exact) mass is 214 g/mol. The Balaban J connectivity index is 2.06. The summed E-state index contributed by atoms with van der Waals surface area (Å²) in [6.45, 7) is 4.01. The van der Waals surface area contributed by atoms with Crippen LogP contribution in [-0.2, 0) is 4.79 Å². The molecule has 0 bridgehead atoms. The lowest BCUT2D eigenvalue weighted by Crippen LogP contribution is -2.34. The summed E-state index contributed by atoms with van der Waals surface area (Å²) in [5, 5.41) is 12.4. The van der Waals surface area contributed by atoms with E-state index in [-0.39, 0.29) is 12.0 Å². The average molecular weight is 214 g/mol. The molecule has 0 aliphatic heterocycles. The van der Waals surface area contributed by atoms with Crippen molar-refractivity contribution < 1.29 is 9.90 Å². The Morgan fingerprint density at radius 3 is 2.80 bits per heavy atom. The highest BCUT2D eigenvalue weighted by Gasteiger charge is 2.30. The number of aliphatic hydroxyl groups excluding tert-OH is 1. The second-order valence-electron chi connectivity index (χ2n) is 4.37. The van der Waals surface area contributed by atoms with E-state index in [2.05, 4.69) is 5.32 Å². The van der Waals surface area contributed by atoms with Gasteiger partial charge in [-0.1, -0.05) is 0 Å². The Kier molecular flexibility index (Phi) is 5.05. The smallest absolute Gasteiger partial charge is 0.221 e. The van der Waals surface area contributed by atoms with E-state index in [1.807, 2.05) is 18.9 Å². The number of aliphatic hydroxyl groups is 1. The molecule has 0 radical (unpaired) electrons. The third-order valence-corrected chi connectivity index (χ3v) is 2.76. The SMILES string of the molecule is CCNC(=O)CCN(C)CC(O)C1CC1. The summed E-state index contributed by atoms with van der Waals surface area (Å²) in [4.78, 5) is 13.2. The zero-order valence-electron chi connectivity index (χ0n) is 9.70. The molecule has 0 heterocycles. The summed E-state index contributed by atoms with van der Waals surface area (Å²) in [6, 6.07) is 0. The van der Waals surface area contributed by atoms with Gasteiger partial charge < -0.3 is 15.3 Å². The molecule has 88 valence electrons. The van der Waals surface area contributed by atoms with Gasteiger partial charge in [0, 0.05) is 26.1 Å². The van der Waals surface area contributed by atoms with Crippen LogP contribution in [0.4, 0.5) is 0 Å². The number of carbonyl (C=O) groups is 1. The topological polar surface area (TPSA) is 52.6 Å². The van der Waals surface area contributed by atoms with E-state index in [0.29, 0.717) is 25.4 Å². The maximum absolute atomic E-state index is 11.2. The Morgan fingerprint density at radius 2 is 2.27 bits per heavy atom. The van der Waals surface area contributed by atoms with Crippen LogP contribution in [0.2, 0.25) is 0 Å². The van der Waals surface area contributed by atoms with Gasteiger partial charge in [-0.25, -0.2) is 0 Å². The first-order chi connectivity index (χ1) is 7.13. The molecule has 1 aliphatic rings. The van der Waals surface area contributed by atoms with Gasteiger partial charge in [0.15, 0.2) is 0 Å². The summed E-state index contributed by atoms with van der Waals surface area (Å²) in [7, 11) is 1.95. The van der Waals surface area contributed by atoms with Crippen LogP contribution in [0, 0.1) is 5.92 Å². The first-order valence-corrected chi connectivity index (χ1v) is 5.76. The third-order valence-electron chi connectivity index (χ3n) is 2.76. The summed E-state index contributed by atoms with van der Waals surface area (Å²) in [5.41, 5.74) is 0. The van der Waals surface area contributed by atoms with Crippen molar-refractivity contribution in [3.05, 3.63) is 0 Å². The molecule has 1 aliphatic carbocycles. The van der Waals surface area contributed by atoms with Gasteiger partial charge in [-0.15, -0.1) is 0 Å². The lowest BCUT2D eigenvalue weighted by atomic mass is 10.2. The van der Waals surface area contributed by atoms with Crippen LogP contribution in [0.25, 0.3) is 0 Å². The number of amides is 1. The van der Waals surface area contributed by atoms with Crippen LogP contribution >= 0.6 is 0 Å². The van der Waals surface area contributed by atoms with E-state index < -0.39 is 0 Å². The van der Waals surface area contributed by atoms with E-state index in [1.165, 1.54) is 0 Å². The van der Waals surface area contributed by atoms with Crippen molar-refractivity contribution in [2.45, 2.75) is 32.3 Å². The number of nitrogens with one attached hydrogen (secondary N) is 1. The van der Waals surface area contributed by atoms with Crippen LogP contribution in [-0.4, -0.2) is 48.7 Å². The molecule has 1 fully saturated rings. The molecule has 1 atom stereocenters. The van der Waals surface area contributed by atoms with Crippen LogP contribution in [0.1, 0.15) is 26.2 Å². The minimum Gasteiger partial charge on any atom is -0.392 e. The molecule has 0 aromatic rings. The molecule has 2 N–H and O–H groups in total. The molecule has 4 heteroatoms. The van der Waals surface area contributed by atoms with E-state index in [1.54, 1.807) is 0 Å². The molecule has 1 rings (SSSR count). The van der Waals surface area contributed by atoms with Crippen LogP contribution in [0.5, 0.6) is 0 Å². The maximum atomic E-state index is 11.2. The first kappa shape index (κ1) is 12.5. The summed E-state index contributed by atoms with van der Waals surface area (Å²) < 4.78 is 0. The number of nitrogens with zero attached hydrogens (tertiary/aromatic N) is 1. The molecule has 1 unspecified atom stereocenters. The fourth-order valence-corrected chi connectivity index (χ4v) is 1.62. The third kappa shape index (κ3) is 5.14. The number of rotatable bonds is 7. The second-order valence-corrected chi connectivity index (χ2v) is 4.37. The molecule has 15 heavy (non-hydrogen) atoms. The van der Waals surface area contributed by atoms with Crippen molar-refractivity contribution >= 4 is 5.91 Å². The Labute approximate surface area is 91.6 Å². The van der Waals surface area contributed by atoms with Crippen molar-refractivity contribution in [3.63, 3.8) is 0 Å². The quantitative estimate of drug-likeness (QED) is 0.637. The molecule has 1 amide bonds. The molecule has 0 aromatic carbocycles. The van der Waals surface area contributed by atoms with Crippen molar-refractivity contribution in [1.29, 1.82) is 0 Å². The van der Waals surface area contributed by atoms with Gasteiger partial charge in [0.2, 0.25) is 5.91 Å². The van der Waals surface area contributed by atoms with E-state index in [0.717, 1.165) is 19.4 Å². The summed E-state index contributed by atoms with van der Waals surface area (Å²) >= 11 is 0. The largest absolute Gasteiger partial charge is 0.392 e. The van der Waals surface area contributed by atoms with Gasteiger partial charge >= 0.3 is 0 Å². The van der Waals surface area contributed by atoms with Gasteiger partial charge in [-0.3, -0.25) is 4.79 Å². The lowest BCUT2D eigenvalue weighted by Gasteiger charge is -2.19. The Morgan fingerprint density at radius 1 is 1.60 bits per heavy atom. The zero-order chi connectivity index (χ0) is 11.3. The maximum Gasteiger partial charge on any atom is 0.221 e. The predicted octanol–water partition coefficient (Wildman–Crippen LogP) is 0.215. The highest BCUT2D eigenvalue weighted by molar-refractivity contribution is 5.75. The fraction of sp³-hybridized carbons (Fsp3) is 0.909. The number of carbonyl (C=O) groups excluding carboxylic acids is 1. The van der Waals surface area contributed by atoms with E-state index in [4.69, 9.17) is 0 Å². The molecule has 0 aromatic heterocycles. The van der Waals surface area contributed by atoms with Crippen LogP contribution in [0.15, 0.2) is 0 Å². The highest BCUT2D eigenvalue weighted by Crippen LogP contribution is 2.32. The zero-order valence-corrected chi connectivity index (χ0v) is 9.70. The summed E-state index contributed by atoms with van der Waals surface area (Å²) in [5.74, 6) is 0.599. The number of hydrogen-bond acceptors (Lipinski definition) is 3. The molecular weight excluding hydrogens is 192 g/mol. The second kappa shape index (κ2) is 6.08. The van der Waals surface area contributed by atoms with Crippen molar-refractivity contribution in [2.75, 3.05) is 26.7 Å².